The summed E-state index contributed by atoms with van der Waals surface area (Å²) in [5.41, 5.74) is 0.345. The number of ether oxygens (including phenoxy) is 1. The van der Waals surface area contributed by atoms with Crippen LogP contribution in [0.3, 0.4) is 0 Å². The molecule has 1 aromatic carbocycles. The van der Waals surface area contributed by atoms with Crippen LogP contribution in [0.1, 0.15) is 19.6 Å². The first kappa shape index (κ1) is 13.9. The fourth-order valence-electron chi connectivity index (χ4n) is 1.80. The number of nitro benzene ring substituents is 1. The van der Waals surface area contributed by atoms with E-state index in [1.807, 2.05) is 13.8 Å². The standard InChI is InChI=1S/C14H16N2O4/c1-10(2)20-13-7-3-6-12(14(13)16(17)18)15-9-11-5-4-8-19-11/h3-8,10,15H,9H2,1-2H3. The van der Waals surface area contributed by atoms with Crippen molar-refractivity contribution in [3.05, 3.63) is 52.5 Å². The third-order valence-electron chi connectivity index (χ3n) is 2.58. The number of anilines is 1. The van der Waals surface area contributed by atoms with Crippen LogP contribution in [0.2, 0.25) is 0 Å². The van der Waals surface area contributed by atoms with Gasteiger partial charge in [0, 0.05) is 0 Å². The van der Waals surface area contributed by atoms with E-state index in [1.165, 1.54) is 0 Å². The molecule has 2 rings (SSSR count). The fraction of sp³-hybridized carbons (Fsp3) is 0.286. The molecule has 0 saturated heterocycles. The van der Waals surface area contributed by atoms with Crippen LogP contribution in [0.4, 0.5) is 11.4 Å². The molecule has 0 radical (unpaired) electrons. The summed E-state index contributed by atoms with van der Waals surface area (Å²) >= 11 is 0. The van der Waals surface area contributed by atoms with Gasteiger partial charge in [-0.25, -0.2) is 0 Å². The molecule has 0 fully saturated rings. The van der Waals surface area contributed by atoms with Crippen molar-refractivity contribution in [1.82, 2.24) is 0 Å². The molecule has 0 spiro atoms. The van der Waals surface area contributed by atoms with Gasteiger partial charge in [-0.1, -0.05) is 6.07 Å². The number of nitro groups is 1. The summed E-state index contributed by atoms with van der Waals surface area (Å²) in [6.45, 7) is 4.03. The molecule has 6 nitrogen and oxygen atoms in total. The highest BCUT2D eigenvalue weighted by Gasteiger charge is 2.21. The Morgan fingerprint density at radius 2 is 2.15 bits per heavy atom. The first-order valence-corrected chi connectivity index (χ1v) is 6.28. The highest BCUT2D eigenvalue weighted by molar-refractivity contribution is 5.68. The van der Waals surface area contributed by atoms with E-state index in [4.69, 9.17) is 9.15 Å². The number of hydrogen-bond acceptors (Lipinski definition) is 5. The van der Waals surface area contributed by atoms with Crippen LogP contribution in [0, 0.1) is 10.1 Å². The van der Waals surface area contributed by atoms with E-state index in [-0.39, 0.29) is 17.5 Å². The molecule has 0 aliphatic heterocycles. The number of rotatable bonds is 6. The maximum Gasteiger partial charge on any atom is 0.333 e. The van der Waals surface area contributed by atoms with Gasteiger partial charge in [0.05, 0.1) is 23.8 Å². The minimum Gasteiger partial charge on any atom is -0.484 e. The van der Waals surface area contributed by atoms with Crippen LogP contribution in [0.5, 0.6) is 5.75 Å². The summed E-state index contributed by atoms with van der Waals surface area (Å²) in [7, 11) is 0. The van der Waals surface area contributed by atoms with Crippen LogP contribution in [0.15, 0.2) is 41.0 Å². The number of nitrogens with one attached hydrogen (secondary N) is 1. The monoisotopic (exact) mass is 276 g/mol. The summed E-state index contributed by atoms with van der Waals surface area (Å²) in [5.74, 6) is 0.962. The molecule has 1 heterocycles. The second-order valence-corrected chi connectivity index (χ2v) is 4.51. The summed E-state index contributed by atoms with van der Waals surface area (Å²) in [6.07, 6.45) is 1.43. The largest absolute Gasteiger partial charge is 0.484 e. The first-order chi connectivity index (χ1) is 9.58. The Labute approximate surface area is 116 Å². The zero-order chi connectivity index (χ0) is 14.5. The predicted molar refractivity (Wildman–Crippen MR) is 74.9 cm³/mol. The van der Waals surface area contributed by atoms with Crippen molar-refractivity contribution in [3.63, 3.8) is 0 Å². The molecule has 0 bridgehead atoms. The van der Waals surface area contributed by atoms with Crippen molar-refractivity contribution in [3.8, 4) is 5.75 Å². The number of benzene rings is 1. The quantitative estimate of drug-likeness (QED) is 0.644. The lowest BCUT2D eigenvalue weighted by molar-refractivity contribution is -0.385. The van der Waals surface area contributed by atoms with E-state index in [0.717, 1.165) is 0 Å². The maximum atomic E-state index is 11.2. The molecule has 0 unspecified atom stereocenters. The van der Waals surface area contributed by atoms with E-state index in [1.54, 1.807) is 36.6 Å². The molecule has 0 saturated carbocycles. The Morgan fingerprint density at radius 3 is 2.75 bits per heavy atom. The van der Waals surface area contributed by atoms with E-state index >= 15 is 0 Å². The van der Waals surface area contributed by atoms with Gasteiger partial charge >= 0.3 is 5.69 Å². The zero-order valence-electron chi connectivity index (χ0n) is 11.3. The smallest absolute Gasteiger partial charge is 0.333 e. The van der Waals surface area contributed by atoms with Crippen molar-refractivity contribution in [2.75, 3.05) is 5.32 Å². The number of para-hydroxylation sites is 1. The number of nitrogens with zero attached hydrogens (tertiary/aromatic N) is 1. The highest BCUT2D eigenvalue weighted by atomic mass is 16.6. The Morgan fingerprint density at radius 1 is 1.35 bits per heavy atom. The number of hydrogen-bond donors (Lipinski definition) is 1. The first-order valence-electron chi connectivity index (χ1n) is 6.28. The minimum absolute atomic E-state index is 0.0623. The fourth-order valence-corrected chi connectivity index (χ4v) is 1.80. The molecule has 1 N–H and O–H groups in total. The molecule has 0 amide bonds. The van der Waals surface area contributed by atoms with Crippen molar-refractivity contribution in [1.29, 1.82) is 0 Å². The Balaban J connectivity index is 2.24. The van der Waals surface area contributed by atoms with Gasteiger partial charge in [0.25, 0.3) is 0 Å². The van der Waals surface area contributed by atoms with Gasteiger partial charge in [-0.15, -0.1) is 0 Å². The van der Waals surface area contributed by atoms with Crippen molar-refractivity contribution in [2.45, 2.75) is 26.5 Å². The van der Waals surface area contributed by atoms with Crippen molar-refractivity contribution in [2.24, 2.45) is 0 Å². The molecule has 0 aliphatic carbocycles. The van der Waals surface area contributed by atoms with Crippen LogP contribution in [-0.4, -0.2) is 11.0 Å². The second kappa shape index (κ2) is 6.10. The number of furan rings is 1. The summed E-state index contributed by atoms with van der Waals surface area (Å²) in [5, 5.41) is 14.2. The maximum absolute atomic E-state index is 11.2. The Kier molecular flexibility index (Phi) is 4.24. The third kappa shape index (κ3) is 3.28. The molecule has 2 aromatic rings. The lowest BCUT2D eigenvalue weighted by Gasteiger charge is -2.12. The van der Waals surface area contributed by atoms with Gasteiger partial charge in [0.15, 0.2) is 5.75 Å². The molecular weight excluding hydrogens is 260 g/mol. The molecular formula is C14H16N2O4. The molecule has 0 aliphatic rings. The van der Waals surface area contributed by atoms with E-state index in [0.29, 0.717) is 18.0 Å². The van der Waals surface area contributed by atoms with Crippen LogP contribution >= 0.6 is 0 Å². The average Bonchev–Trinajstić information content (AvgIpc) is 2.88. The summed E-state index contributed by atoms with van der Waals surface area (Å²) in [6, 6.07) is 8.52. The van der Waals surface area contributed by atoms with E-state index in [9.17, 15) is 10.1 Å². The van der Waals surface area contributed by atoms with Crippen molar-refractivity contribution >= 4 is 11.4 Å². The van der Waals surface area contributed by atoms with Gasteiger partial charge < -0.3 is 14.5 Å². The lowest BCUT2D eigenvalue weighted by atomic mass is 10.2. The topological polar surface area (TPSA) is 77.5 Å². The third-order valence-corrected chi connectivity index (χ3v) is 2.58. The highest BCUT2D eigenvalue weighted by Crippen LogP contribution is 2.35. The van der Waals surface area contributed by atoms with Gasteiger partial charge in [-0.3, -0.25) is 10.1 Å². The Hall–Kier alpha value is -2.50. The van der Waals surface area contributed by atoms with E-state index < -0.39 is 4.92 Å². The lowest BCUT2D eigenvalue weighted by Crippen LogP contribution is -2.09. The zero-order valence-corrected chi connectivity index (χ0v) is 11.3. The normalized spacial score (nSPS) is 10.6. The van der Waals surface area contributed by atoms with E-state index in [2.05, 4.69) is 5.32 Å². The molecule has 20 heavy (non-hydrogen) atoms. The van der Waals surface area contributed by atoms with Gasteiger partial charge in [-0.05, 0) is 38.1 Å². The van der Waals surface area contributed by atoms with Gasteiger partial charge in [0.1, 0.15) is 11.4 Å². The molecule has 1 aromatic heterocycles. The summed E-state index contributed by atoms with van der Waals surface area (Å²) < 4.78 is 10.7. The molecule has 106 valence electrons. The minimum atomic E-state index is -0.442. The second-order valence-electron chi connectivity index (χ2n) is 4.51. The predicted octanol–water partition coefficient (Wildman–Crippen LogP) is 3.59. The van der Waals surface area contributed by atoms with Gasteiger partial charge in [0.2, 0.25) is 0 Å². The van der Waals surface area contributed by atoms with Gasteiger partial charge in [-0.2, -0.15) is 0 Å². The van der Waals surface area contributed by atoms with Crippen LogP contribution in [-0.2, 0) is 6.54 Å². The summed E-state index contributed by atoms with van der Waals surface area (Å²) in [4.78, 5) is 10.8. The SMILES string of the molecule is CC(C)Oc1cccc(NCc2ccco2)c1[N+](=O)[O-]. The van der Waals surface area contributed by atoms with Crippen LogP contribution < -0.4 is 10.1 Å². The average molecular weight is 276 g/mol. The Bertz CT molecular complexity index is 579. The molecule has 6 heteroatoms. The van der Waals surface area contributed by atoms with Crippen LogP contribution in [0.25, 0.3) is 0 Å². The molecule has 0 atom stereocenters. The van der Waals surface area contributed by atoms with Crippen molar-refractivity contribution < 1.29 is 14.1 Å².